The Labute approximate surface area is 240 Å². The van der Waals surface area contributed by atoms with Gasteiger partial charge in [0, 0.05) is 32.2 Å². The van der Waals surface area contributed by atoms with Gasteiger partial charge in [-0.3, -0.25) is 9.69 Å². The second-order valence-electron chi connectivity index (χ2n) is 10.9. The van der Waals surface area contributed by atoms with Crippen molar-refractivity contribution in [3.8, 4) is 11.8 Å². The van der Waals surface area contributed by atoms with Crippen molar-refractivity contribution in [1.82, 2.24) is 4.90 Å². The van der Waals surface area contributed by atoms with Crippen molar-refractivity contribution in [1.29, 1.82) is 5.26 Å². The number of ether oxygens (including phenoxy) is 2. The molecule has 2 atom stereocenters. The lowest BCUT2D eigenvalue weighted by Gasteiger charge is -2.41. The van der Waals surface area contributed by atoms with Gasteiger partial charge in [0.25, 0.3) is 5.91 Å². The number of likely N-dealkylation sites (tertiary alicyclic amines) is 1. The molecule has 0 bridgehead atoms. The molecule has 0 aliphatic carbocycles. The standard InChI is InChI=1S/C30H36ClFN4O4/c1-5-6-20(2)39-29(38)36-18-26(40-27-24(34(3)4)15-22(31)16-25(27)36)28(37)35-13-11-30(19-33,12-14-35)17-21-7-9-23(32)10-8-21/h7-10,15-16,20,26H,5-6,11-14,17-18H2,1-4H3. The Balaban J connectivity index is 1.54. The van der Waals surface area contributed by atoms with E-state index < -0.39 is 17.6 Å². The molecule has 1 saturated heterocycles. The third-order valence-corrected chi connectivity index (χ3v) is 7.83. The minimum absolute atomic E-state index is 0.0216. The number of amides is 2. The van der Waals surface area contributed by atoms with Gasteiger partial charge in [0.2, 0.25) is 0 Å². The highest BCUT2D eigenvalue weighted by Gasteiger charge is 2.42. The van der Waals surface area contributed by atoms with Gasteiger partial charge in [-0.2, -0.15) is 5.26 Å². The number of carbonyl (C=O) groups is 2. The third-order valence-electron chi connectivity index (χ3n) is 7.61. The summed E-state index contributed by atoms with van der Waals surface area (Å²) >= 11 is 6.40. The van der Waals surface area contributed by atoms with E-state index in [1.807, 2.05) is 32.8 Å². The van der Waals surface area contributed by atoms with Crippen molar-refractivity contribution >= 4 is 35.0 Å². The van der Waals surface area contributed by atoms with E-state index in [1.54, 1.807) is 29.2 Å². The van der Waals surface area contributed by atoms with Crippen molar-refractivity contribution in [3.05, 3.63) is 52.8 Å². The largest absolute Gasteiger partial charge is 0.474 e. The van der Waals surface area contributed by atoms with Crippen LogP contribution in [0, 0.1) is 22.6 Å². The first-order valence-corrected chi connectivity index (χ1v) is 14.0. The number of hydrogen-bond acceptors (Lipinski definition) is 6. The van der Waals surface area contributed by atoms with E-state index in [-0.39, 0.29) is 24.4 Å². The summed E-state index contributed by atoms with van der Waals surface area (Å²) in [5, 5.41) is 10.5. The fourth-order valence-corrected chi connectivity index (χ4v) is 5.55. The first-order chi connectivity index (χ1) is 19.1. The molecule has 214 valence electrons. The van der Waals surface area contributed by atoms with Gasteiger partial charge in [-0.1, -0.05) is 37.1 Å². The maximum absolute atomic E-state index is 13.8. The molecule has 0 N–H and O–H groups in total. The van der Waals surface area contributed by atoms with E-state index in [0.717, 1.165) is 18.4 Å². The van der Waals surface area contributed by atoms with Gasteiger partial charge in [0.05, 0.1) is 29.4 Å². The number of halogens is 2. The molecule has 0 spiro atoms. The molecule has 4 rings (SSSR count). The molecule has 0 radical (unpaired) electrons. The summed E-state index contributed by atoms with van der Waals surface area (Å²) < 4.78 is 25.3. The molecule has 40 heavy (non-hydrogen) atoms. The van der Waals surface area contributed by atoms with Crippen molar-refractivity contribution in [2.45, 2.75) is 58.2 Å². The molecule has 2 aliphatic heterocycles. The first-order valence-electron chi connectivity index (χ1n) is 13.7. The van der Waals surface area contributed by atoms with Crippen LogP contribution < -0.4 is 14.5 Å². The Morgan fingerprint density at radius 2 is 1.93 bits per heavy atom. The molecule has 0 aromatic heterocycles. The van der Waals surface area contributed by atoms with Crippen LogP contribution in [-0.4, -0.2) is 62.8 Å². The van der Waals surface area contributed by atoms with Crippen LogP contribution in [0.15, 0.2) is 36.4 Å². The SMILES string of the molecule is CCCC(C)OC(=O)N1CC(C(=O)N2CCC(C#N)(Cc3ccc(F)cc3)CC2)Oc2c(N(C)C)cc(Cl)cc21. The number of nitriles is 1. The maximum Gasteiger partial charge on any atom is 0.414 e. The number of piperidine rings is 1. The van der Waals surface area contributed by atoms with E-state index in [9.17, 15) is 19.2 Å². The second-order valence-corrected chi connectivity index (χ2v) is 11.3. The number of rotatable bonds is 7. The number of anilines is 2. The van der Waals surface area contributed by atoms with Gasteiger partial charge < -0.3 is 19.3 Å². The Kier molecular flexibility index (Phi) is 9.09. The van der Waals surface area contributed by atoms with Gasteiger partial charge >= 0.3 is 6.09 Å². The molecule has 2 aliphatic rings. The topological polar surface area (TPSA) is 86.1 Å². The summed E-state index contributed by atoms with van der Waals surface area (Å²) in [5.74, 6) is -0.182. The lowest BCUT2D eigenvalue weighted by Crippen LogP contribution is -2.54. The van der Waals surface area contributed by atoms with E-state index in [2.05, 4.69) is 6.07 Å². The van der Waals surface area contributed by atoms with Crippen LogP contribution in [0.4, 0.5) is 20.6 Å². The van der Waals surface area contributed by atoms with Crippen LogP contribution in [0.25, 0.3) is 0 Å². The maximum atomic E-state index is 13.8. The molecule has 8 nitrogen and oxygen atoms in total. The molecular weight excluding hydrogens is 535 g/mol. The molecule has 1 fully saturated rings. The number of fused-ring (bicyclic) bond motifs is 1. The van der Waals surface area contributed by atoms with Gasteiger partial charge in [0.1, 0.15) is 11.9 Å². The minimum Gasteiger partial charge on any atom is -0.474 e. The Morgan fingerprint density at radius 1 is 1.25 bits per heavy atom. The van der Waals surface area contributed by atoms with Gasteiger partial charge in [-0.25, -0.2) is 9.18 Å². The lowest BCUT2D eigenvalue weighted by atomic mass is 9.75. The van der Waals surface area contributed by atoms with Gasteiger partial charge in [0.15, 0.2) is 11.9 Å². The van der Waals surface area contributed by atoms with Crippen molar-refractivity contribution < 1.29 is 23.5 Å². The fourth-order valence-electron chi connectivity index (χ4n) is 5.34. The van der Waals surface area contributed by atoms with Crippen molar-refractivity contribution in [2.24, 2.45) is 5.41 Å². The number of nitrogens with zero attached hydrogens (tertiary/aromatic N) is 4. The highest BCUT2D eigenvalue weighted by molar-refractivity contribution is 6.31. The minimum atomic E-state index is -0.951. The Bertz CT molecular complexity index is 1270. The normalized spacial score (nSPS) is 18.7. The van der Waals surface area contributed by atoms with Crippen LogP contribution >= 0.6 is 11.6 Å². The predicted molar refractivity (Wildman–Crippen MR) is 152 cm³/mol. The van der Waals surface area contributed by atoms with E-state index >= 15 is 0 Å². The molecule has 0 saturated carbocycles. The summed E-state index contributed by atoms with van der Waals surface area (Å²) in [6.45, 7) is 4.59. The van der Waals surface area contributed by atoms with Crippen LogP contribution in [0.1, 0.15) is 45.1 Å². The summed E-state index contributed by atoms with van der Waals surface area (Å²) in [7, 11) is 3.67. The molecule has 10 heteroatoms. The van der Waals surface area contributed by atoms with E-state index in [0.29, 0.717) is 54.5 Å². The molecule has 2 heterocycles. The van der Waals surface area contributed by atoms with Gasteiger partial charge in [-0.15, -0.1) is 0 Å². The zero-order valence-corrected chi connectivity index (χ0v) is 24.2. The number of hydrogen-bond donors (Lipinski definition) is 0. The molecule has 2 aromatic carbocycles. The zero-order chi connectivity index (χ0) is 29.0. The zero-order valence-electron chi connectivity index (χ0n) is 23.5. The van der Waals surface area contributed by atoms with Crippen LogP contribution in [0.3, 0.4) is 0 Å². The van der Waals surface area contributed by atoms with E-state index in [4.69, 9.17) is 21.1 Å². The highest BCUT2D eigenvalue weighted by Crippen LogP contribution is 2.44. The fraction of sp³-hybridized carbons (Fsp3) is 0.500. The Hall–Kier alpha value is -3.51. The van der Waals surface area contributed by atoms with Gasteiger partial charge in [-0.05, 0) is 62.4 Å². The summed E-state index contributed by atoms with van der Waals surface area (Å²) in [6.07, 6.45) is 1.24. The summed E-state index contributed by atoms with van der Waals surface area (Å²) in [4.78, 5) is 32.0. The molecule has 2 aromatic rings. The lowest BCUT2D eigenvalue weighted by molar-refractivity contribution is -0.140. The summed E-state index contributed by atoms with van der Waals surface area (Å²) in [5.41, 5.74) is 1.34. The highest BCUT2D eigenvalue weighted by atomic mass is 35.5. The average molecular weight is 571 g/mol. The number of benzene rings is 2. The first kappa shape index (κ1) is 29.5. The summed E-state index contributed by atoms with van der Waals surface area (Å²) in [6, 6.07) is 12.0. The van der Waals surface area contributed by atoms with Crippen LogP contribution in [0.5, 0.6) is 5.75 Å². The second kappa shape index (κ2) is 12.3. The molecule has 2 amide bonds. The smallest absolute Gasteiger partial charge is 0.414 e. The Morgan fingerprint density at radius 3 is 2.52 bits per heavy atom. The van der Waals surface area contributed by atoms with E-state index in [1.165, 1.54) is 17.0 Å². The van der Waals surface area contributed by atoms with Crippen molar-refractivity contribution in [2.75, 3.05) is 43.5 Å². The van der Waals surface area contributed by atoms with Crippen LogP contribution in [0.2, 0.25) is 5.02 Å². The van der Waals surface area contributed by atoms with Crippen LogP contribution in [-0.2, 0) is 16.0 Å². The molecule has 2 unspecified atom stereocenters. The third kappa shape index (κ3) is 6.44. The molecular formula is C30H36ClFN4O4. The number of carbonyl (C=O) groups excluding carboxylic acids is 2. The monoisotopic (exact) mass is 570 g/mol. The quantitative estimate of drug-likeness (QED) is 0.417. The van der Waals surface area contributed by atoms with Crippen molar-refractivity contribution in [3.63, 3.8) is 0 Å². The average Bonchev–Trinajstić information content (AvgIpc) is 2.93. The predicted octanol–water partition coefficient (Wildman–Crippen LogP) is 5.81.